The summed E-state index contributed by atoms with van der Waals surface area (Å²) in [6.45, 7) is 4.09. The summed E-state index contributed by atoms with van der Waals surface area (Å²) in [7, 11) is 3.25. The number of ether oxygens (including phenoxy) is 2. The Morgan fingerprint density at radius 3 is 2.26 bits per heavy atom. The Kier molecular flexibility index (Phi) is 6.77. The number of nitrogens with zero attached hydrogens (tertiary/aromatic N) is 1. The maximum Gasteiger partial charge on any atom is 0.146 e. The smallest absolute Gasteiger partial charge is 0.146 e. The lowest BCUT2D eigenvalue weighted by molar-refractivity contribution is 0.190. The van der Waals surface area contributed by atoms with Crippen LogP contribution in [0.25, 0.3) is 0 Å². The number of benzene rings is 1. The number of hydrogen-bond donors (Lipinski definition) is 1. The van der Waals surface area contributed by atoms with E-state index < -0.39 is 0 Å². The highest BCUT2D eigenvalue weighted by molar-refractivity contribution is 5.56. The van der Waals surface area contributed by atoms with Crippen LogP contribution in [0.15, 0.2) is 18.2 Å². The summed E-state index contributed by atoms with van der Waals surface area (Å²) in [5.74, 6) is -0.262. The van der Waals surface area contributed by atoms with Crippen molar-refractivity contribution in [2.45, 2.75) is 13.0 Å². The molecule has 0 bridgehead atoms. The summed E-state index contributed by atoms with van der Waals surface area (Å²) in [6.07, 6.45) is 0. The monoisotopic (exact) mass is 270 g/mol. The molecular formula is C14H23FN2O2. The maximum absolute atomic E-state index is 14.1. The standard InChI is InChI=1S/C14H23FN2O2/c1-11(16)12-5-4-6-13(15)14(12)17(7-9-18-2)8-10-19-3/h4-6,11H,7-10,16H2,1-3H3/t11-/m0/s1. The summed E-state index contributed by atoms with van der Waals surface area (Å²) in [5.41, 5.74) is 7.27. The van der Waals surface area contributed by atoms with Gasteiger partial charge in [-0.05, 0) is 18.6 Å². The number of methoxy groups -OCH3 is 2. The van der Waals surface area contributed by atoms with E-state index in [2.05, 4.69) is 0 Å². The highest BCUT2D eigenvalue weighted by Crippen LogP contribution is 2.28. The third kappa shape index (κ3) is 4.45. The van der Waals surface area contributed by atoms with Gasteiger partial charge in [-0.1, -0.05) is 12.1 Å². The highest BCUT2D eigenvalue weighted by atomic mass is 19.1. The minimum atomic E-state index is -0.262. The molecule has 0 unspecified atom stereocenters. The van der Waals surface area contributed by atoms with Crippen LogP contribution in [0.2, 0.25) is 0 Å². The second kappa shape index (κ2) is 8.09. The van der Waals surface area contributed by atoms with Crippen molar-refractivity contribution in [3.63, 3.8) is 0 Å². The number of halogens is 1. The van der Waals surface area contributed by atoms with Gasteiger partial charge in [0.1, 0.15) is 5.82 Å². The molecule has 0 aliphatic heterocycles. The van der Waals surface area contributed by atoms with Gasteiger partial charge in [0.05, 0.1) is 18.9 Å². The summed E-state index contributed by atoms with van der Waals surface area (Å²) in [4.78, 5) is 1.92. The van der Waals surface area contributed by atoms with Gasteiger partial charge in [0.2, 0.25) is 0 Å². The van der Waals surface area contributed by atoms with Crippen LogP contribution in [0.5, 0.6) is 0 Å². The number of hydrogen-bond acceptors (Lipinski definition) is 4. The van der Waals surface area contributed by atoms with Crippen molar-refractivity contribution in [3.8, 4) is 0 Å². The normalized spacial score (nSPS) is 12.5. The first-order valence-electron chi connectivity index (χ1n) is 6.38. The molecule has 0 aromatic heterocycles. The molecule has 0 fully saturated rings. The molecule has 0 aliphatic rings. The van der Waals surface area contributed by atoms with E-state index in [1.807, 2.05) is 17.9 Å². The van der Waals surface area contributed by atoms with E-state index in [-0.39, 0.29) is 11.9 Å². The second-order valence-corrected chi connectivity index (χ2v) is 4.44. The summed E-state index contributed by atoms with van der Waals surface area (Å²) in [5, 5.41) is 0. The van der Waals surface area contributed by atoms with Crippen LogP contribution in [0.3, 0.4) is 0 Å². The summed E-state index contributed by atoms with van der Waals surface area (Å²) >= 11 is 0. The zero-order chi connectivity index (χ0) is 14.3. The predicted octanol–water partition coefficient (Wildman–Crippen LogP) is 1.94. The van der Waals surface area contributed by atoms with Gasteiger partial charge in [0.15, 0.2) is 0 Å². The van der Waals surface area contributed by atoms with E-state index in [1.54, 1.807) is 20.3 Å². The average molecular weight is 270 g/mol. The van der Waals surface area contributed by atoms with Crippen molar-refractivity contribution in [2.75, 3.05) is 45.4 Å². The molecule has 0 spiro atoms. The zero-order valence-electron chi connectivity index (χ0n) is 11.9. The van der Waals surface area contributed by atoms with Crippen molar-refractivity contribution in [2.24, 2.45) is 5.73 Å². The molecule has 19 heavy (non-hydrogen) atoms. The minimum Gasteiger partial charge on any atom is -0.383 e. The van der Waals surface area contributed by atoms with E-state index >= 15 is 0 Å². The van der Waals surface area contributed by atoms with Gasteiger partial charge >= 0.3 is 0 Å². The molecule has 0 aliphatic carbocycles. The highest BCUT2D eigenvalue weighted by Gasteiger charge is 2.17. The molecule has 1 atom stereocenters. The largest absolute Gasteiger partial charge is 0.383 e. The van der Waals surface area contributed by atoms with Crippen LogP contribution in [0.4, 0.5) is 10.1 Å². The molecule has 108 valence electrons. The third-order valence-electron chi connectivity index (χ3n) is 2.96. The average Bonchev–Trinajstić information content (AvgIpc) is 2.39. The van der Waals surface area contributed by atoms with Gasteiger partial charge in [0.25, 0.3) is 0 Å². The molecule has 0 heterocycles. The van der Waals surface area contributed by atoms with Gasteiger partial charge in [-0.15, -0.1) is 0 Å². The van der Waals surface area contributed by atoms with Gasteiger partial charge < -0.3 is 20.1 Å². The number of nitrogens with two attached hydrogens (primary N) is 1. The van der Waals surface area contributed by atoms with Gasteiger partial charge in [-0.25, -0.2) is 4.39 Å². The van der Waals surface area contributed by atoms with E-state index in [0.717, 1.165) is 5.56 Å². The van der Waals surface area contributed by atoms with Crippen molar-refractivity contribution >= 4 is 5.69 Å². The Morgan fingerprint density at radius 1 is 1.21 bits per heavy atom. The molecule has 4 nitrogen and oxygen atoms in total. The third-order valence-corrected chi connectivity index (χ3v) is 2.96. The van der Waals surface area contributed by atoms with Crippen LogP contribution in [-0.4, -0.2) is 40.5 Å². The summed E-state index contributed by atoms with van der Waals surface area (Å²) < 4.78 is 24.3. The van der Waals surface area contributed by atoms with Crippen LogP contribution in [0.1, 0.15) is 18.5 Å². The fourth-order valence-corrected chi connectivity index (χ4v) is 1.97. The minimum absolute atomic E-state index is 0.224. The van der Waals surface area contributed by atoms with Crippen molar-refractivity contribution in [1.29, 1.82) is 0 Å². The molecule has 1 rings (SSSR count). The fraction of sp³-hybridized carbons (Fsp3) is 0.571. The quantitative estimate of drug-likeness (QED) is 0.784. The van der Waals surface area contributed by atoms with Crippen molar-refractivity contribution < 1.29 is 13.9 Å². The van der Waals surface area contributed by atoms with Crippen molar-refractivity contribution in [1.82, 2.24) is 0 Å². The lowest BCUT2D eigenvalue weighted by atomic mass is 10.1. The lowest BCUT2D eigenvalue weighted by Gasteiger charge is -2.28. The Hall–Kier alpha value is -1.17. The molecule has 0 radical (unpaired) electrons. The predicted molar refractivity (Wildman–Crippen MR) is 75.0 cm³/mol. The van der Waals surface area contributed by atoms with Crippen LogP contribution in [0, 0.1) is 5.82 Å². The first-order chi connectivity index (χ1) is 9.11. The summed E-state index contributed by atoms with van der Waals surface area (Å²) in [6, 6.07) is 4.77. The van der Waals surface area contributed by atoms with Gasteiger partial charge in [-0.3, -0.25) is 0 Å². The molecule has 0 saturated carbocycles. The first kappa shape index (κ1) is 15.9. The van der Waals surface area contributed by atoms with Gasteiger partial charge in [0, 0.05) is 33.4 Å². The number of rotatable bonds is 8. The number of anilines is 1. The maximum atomic E-state index is 14.1. The van der Waals surface area contributed by atoms with E-state index in [9.17, 15) is 4.39 Å². The fourth-order valence-electron chi connectivity index (χ4n) is 1.97. The number of para-hydroxylation sites is 1. The van der Waals surface area contributed by atoms with Crippen LogP contribution in [-0.2, 0) is 9.47 Å². The van der Waals surface area contributed by atoms with Gasteiger partial charge in [-0.2, -0.15) is 0 Å². The lowest BCUT2D eigenvalue weighted by Crippen LogP contribution is -2.33. The Morgan fingerprint density at radius 2 is 1.79 bits per heavy atom. The molecule has 0 amide bonds. The Balaban J connectivity index is 3.04. The topological polar surface area (TPSA) is 47.7 Å². The van der Waals surface area contributed by atoms with Crippen LogP contribution < -0.4 is 10.6 Å². The zero-order valence-corrected chi connectivity index (χ0v) is 11.9. The van der Waals surface area contributed by atoms with E-state index in [1.165, 1.54) is 6.07 Å². The SMILES string of the molecule is COCCN(CCOC)c1c(F)cccc1[C@H](C)N. The Labute approximate surface area is 114 Å². The molecule has 1 aromatic rings. The molecule has 2 N–H and O–H groups in total. The Bertz CT molecular complexity index is 378. The first-order valence-corrected chi connectivity index (χ1v) is 6.38. The van der Waals surface area contributed by atoms with Crippen LogP contribution >= 0.6 is 0 Å². The molecular weight excluding hydrogens is 247 g/mol. The van der Waals surface area contributed by atoms with E-state index in [4.69, 9.17) is 15.2 Å². The van der Waals surface area contributed by atoms with E-state index in [0.29, 0.717) is 32.0 Å². The molecule has 0 saturated heterocycles. The van der Waals surface area contributed by atoms with Crippen molar-refractivity contribution in [3.05, 3.63) is 29.6 Å². The molecule has 1 aromatic carbocycles. The second-order valence-electron chi connectivity index (χ2n) is 4.44. The molecule has 5 heteroatoms.